The monoisotopic (exact) mass is 431 g/mol. The van der Waals surface area contributed by atoms with Crippen molar-refractivity contribution in [1.29, 1.82) is 0 Å². The van der Waals surface area contributed by atoms with Crippen LogP contribution < -0.4 is 15.4 Å². The topological polar surface area (TPSA) is 81.8 Å². The molecule has 0 unspecified atom stereocenters. The van der Waals surface area contributed by atoms with Gasteiger partial charge in [0.25, 0.3) is 11.5 Å². The molecule has 3 aliphatic rings. The quantitative estimate of drug-likeness (QED) is 0.680. The first-order valence-electron chi connectivity index (χ1n) is 11.1. The average molecular weight is 431 g/mol. The second-order valence-corrected chi connectivity index (χ2v) is 9.08. The van der Waals surface area contributed by atoms with Crippen LogP contribution in [-0.2, 0) is 4.74 Å². The third-order valence-electron chi connectivity index (χ3n) is 6.82. The molecule has 8 nitrogen and oxygen atoms in total. The minimum Gasteiger partial charge on any atom is -0.380 e. The number of nitrogens with one attached hydrogen (secondary N) is 1. The maximum Gasteiger partial charge on any atom is 0.260 e. The number of aromatic amines is 1. The van der Waals surface area contributed by atoms with Crippen molar-refractivity contribution in [1.82, 2.24) is 14.9 Å². The van der Waals surface area contributed by atoms with Crippen molar-refractivity contribution in [2.45, 2.75) is 0 Å². The van der Waals surface area contributed by atoms with E-state index in [-0.39, 0.29) is 11.5 Å². The number of nitrogens with zero attached hydrogens (tertiary/aromatic N) is 4. The first-order valence-corrected chi connectivity index (χ1v) is 11.1. The Morgan fingerprint density at radius 2 is 1.66 bits per heavy atom. The largest absolute Gasteiger partial charge is 0.380 e. The van der Waals surface area contributed by atoms with Crippen molar-refractivity contribution in [2.24, 2.45) is 5.41 Å². The normalized spacial score (nSPS) is 19.7. The molecule has 164 valence electrons. The van der Waals surface area contributed by atoms with Crippen LogP contribution in [0, 0.1) is 5.41 Å². The lowest BCUT2D eigenvalue weighted by Crippen LogP contribution is -2.66. The summed E-state index contributed by atoms with van der Waals surface area (Å²) in [5, 5.41) is 0.586. The first kappa shape index (κ1) is 19.3. The van der Waals surface area contributed by atoms with E-state index in [1.165, 1.54) is 0 Å². The van der Waals surface area contributed by atoms with E-state index < -0.39 is 0 Å². The molecule has 3 aromatic rings. The number of aromatic nitrogens is 2. The lowest BCUT2D eigenvalue weighted by Gasteiger charge is -2.56. The Kier molecular flexibility index (Phi) is 4.43. The van der Waals surface area contributed by atoms with Crippen LogP contribution in [0.2, 0.25) is 0 Å². The fourth-order valence-corrected chi connectivity index (χ4v) is 4.86. The van der Waals surface area contributed by atoms with Crippen LogP contribution in [0.5, 0.6) is 0 Å². The van der Waals surface area contributed by atoms with Crippen molar-refractivity contribution in [3.8, 4) is 0 Å². The number of ether oxygens (including phenoxy) is 1. The van der Waals surface area contributed by atoms with Gasteiger partial charge in [-0.05, 0) is 36.4 Å². The molecule has 0 atom stereocenters. The molecular weight excluding hydrogens is 406 g/mol. The zero-order valence-corrected chi connectivity index (χ0v) is 17.8. The number of anilines is 2. The smallest absolute Gasteiger partial charge is 0.260 e. The fraction of sp³-hybridized carbons (Fsp3) is 0.375. The highest BCUT2D eigenvalue weighted by Gasteiger charge is 2.49. The van der Waals surface area contributed by atoms with Crippen molar-refractivity contribution < 1.29 is 9.53 Å². The maximum absolute atomic E-state index is 13.0. The minimum atomic E-state index is -0.137. The van der Waals surface area contributed by atoms with Crippen molar-refractivity contribution in [2.75, 3.05) is 62.3 Å². The molecule has 32 heavy (non-hydrogen) atoms. The zero-order chi connectivity index (χ0) is 21.7. The highest BCUT2D eigenvalue weighted by Crippen LogP contribution is 2.40. The van der Waals surface area contributed by atoms with Crippen molar-refractivity contribution in [3.05, 3.63) is 64.4 Å². The summed E-state index contributed by atoms with van der Waals surface area (Å²) in [5.74, 6) is 0.609. The van der Waals surface area contributed by atoms with Gasteiger partial charge >= 0.3 is 0 Å². The molecule has 2 aromatic carbocycles. The number of H-pyrrole nitrogens is 1. The van der Waals surface area contributed by atoms with Crippen LogP contribution in [-0.4, -0.2) is 73.3 Å². The summed E-state index contributed by atoms with van der Waals surface area (Å²) in [7, 11) is 0. The Bertz CT molecular complexity index is 1220. The van der Waals surface area contributed by atoms with Crippen LogP contribution in [0.4, 0.5) is 11.6 Å². The number of carbonyl (C=O) groups is 1. The number of benzene rings is 2. The predicted molar refractivity (Wildman–Crippen MR) is 122 cm³/mol. The summed E-state index contributed by atoms with van der Waals surface area (Å²) in [6, 6.07) is 15.3. The van der Waals surface area contributed by atoms with E-state index in [1.807, 2.05) is 52.3 Å². The number of para-hydroxylation sites is 1. The average Bonchev–Trinajstić information content (AvgIpc) is 2.77. The first-order chi connectivity index (χ1) is 15.6. The van der Waals surface area contributed by atoms with E-state index >= 15 is 0 Å². The summed E-state index contributed by atoms with van der Waals surface area (Å²) < 4.78 is 5.34. The number of carbonyl (C=O) groups excluding carboxylic acids is 1. The second-order valence-electron chi connectivity index (χ2n) is 9.08. The lowest BCUT2D eigenvalue weighted by molar-refractivity contribution is -0.127. The van der Waals surface area contributed by atoms with Crippen LogP contribution in [0.25, 0.3) is 10.9 Å². The molecule has 1 spiro atoms. The van der Waals surface area contributed by atoms with E-state index in [0.29, 0.717) is 54.0 Å². The zero-order valence-electron chi connectivity index (χ0n) is 17.8. The fourth-order valence-electron chi connectivity index (χ4n) is 4.86. The van der Waals surface area contributed by atoms with E-state index in [0.717, 1.165) is 32.0 Å². The van der Waals surface area contributed by atoms with Gasteiger partial charge in [-0.15, -0.1) is 0 Å². The summed E-state index contributed by atoms with van der Waals surface area (Å²) >= 11 is 0. The summed E-state index contributed by atoms with van der Waals surface area (Å²) in [6.45, 7) is 6.24. The second kappa shape index (κ2) is 7.34. The van der Waals surface area contributed by atoms with E-state index in [2.05, 4.69) is 14.9 Å². The molecule has 0 bridgehead atoms. The molecule has 1 amide bonds. The Morgan fingerprint density at radius 1 is 0.938 bits per heavy atom. The van der Waals surface area contributed by atoms with Crippen LogP contribution in [0.3, 0.4) is 0 Å². The highest BCUT2D eigenvalue weighted by atomic mass is 16.5. The van der Waals surface area contributed by atoms with Gasteiger partial charge < -0.3 is 19.4 Å². The number of piperazine rings is 1. The number of hydrogen-bond acceptors (Lipinski definition) is 6. The third kappa shape index (κ3) is 3.22. The Hall–Kier alpha value is -3.39. The van der Waals surface area contributed by atoms with E-state index in [1.54, 1.807) is 6.07 Å². The predicted octanol–water partition coefficient (Wildman–Crippen LogP) is 1.72. The van der Waals surface area contributed by atoms with Gasteiger partial charge in [0.2, 0.25) is 5.95 Å². The number of hydrogen-bond donors (Lipinski definition) is 1. The summed E-state index contributed by atoms with van der Waals surface area (Å²) in [6.07, 6.45) is 0. The molecule has 1 N–H and O–H groups in total. The molecule has 0 aliphatic carbocycles. The molecular formula is C24H25N5O3. The number of fused-ring (bicyclic) bond motifs is 1. The van der Waals surface area contributed by atoms with Gasteiger partial charge in [-0.2, -0.15) is 0 Å². The highest BCUT2D eigenvalue weighted by molar-refractivity contribution is 5.94. The maximum atomic E-state index is 13.0. The van der Waals surface area contributed by atoms with Gasteiger partial charge in [0.15, 0.2) is 0 Å². The van der Waals surface area contributed by atoms with Crippen molar-refractivity contribution in [3.63, 3.8) is 0 Å². The third-order valence-corrected chi connectivity index (χ3v) is 6.82. The van der Waals surface area contributed by atoms with Gasteiger partial charge in [-0.25, -0.2) is 4.98 Å². The van der Waals surface area contributed by atoms with Crippen LogP contribution >= 0.6 is 0 Å². The number of amides is 1. The minimum absolute atomic E-state index is 0.0450. The Labute approximate surface area is 185 Å². The molecule has 1 aromatic heterocycles. The molecule has 3 aliphatic heterocycles. The van der Waals surface area contributed by atoms with Gasteiger partial charge in [-0.3, -0.25) is 14.6 Å². The van der Waals surface area contributed by atoms with Crippen LogP contribution in [0.15, 0.2) is 53.3 Å². The molecule has 3 fully saturated rings. The summed E-state index contributed by atoms with van der Waals surface area (Å²) in [4.78, 5) is 39.1. The Balaban J connectivity index is 1.09. The molecule has 0 saturated carbocycles. The number of rotatable bonds is 3. The summed E-state index contributed by atoms with van der Waals surface area (Å²) in [5.41, 5.74) is 2.79. The van der Waals surface area contributed by atoms with Gasteiger partial charge in [0.1, 0.15) is 0 Å². The van der Waals surface area contributed by atoms with Crippen LogP contribution in [0.1, 0.15) is 10.4 Å². The van der Waals surface area contributed by atoms with Crippen molar-refractivity contribution >= 4 is 28.4 Å². The molecule has 6 rings (SSSR count). The van der Waals surface area contributed by atoms with Gasteiger partial charge in [0.05, 0.1) is 29.5 Å². The van der Waals surface area contributed by atoms with Gasteiger partial charge in [0, 0.05) is 50.5 Å². The standard InChI is InChI=1S/C24H25N5O3/c30-21-19-3-1-2-4-20(19)25-23(26-21)28-11-9-27(10-12-28)22(31)17-5-7-18(8-6-17)29-13-24(14-29)15-32-16-24/h1-8H,9-16H2,(H,25,26,30). The molecule has 3 saturated heterocycles. The molecule has 0 radical (unpaired) electrons. The SMILES string of the molecule is O=C(c1ccc(N2CC3(COC3)C2)cc1)N1CCN(c2nc3ccccc3c(=O)[nH]2)CC1. The van der Waals surface area contributed by atoms with Gasteiger partial charge in [-0.1, -0.05) is 12.1 Å². The lowest BCUT2D eigenvalue weighted by atomic mass is 9.78. The van der Waals surface area contributed by atoms with E-state index in [9.17, 15) is 9.59 Å². The molecule has 8 heteroatoms. The van der Waals surface area contributed by atoms with E-state index in [4.69, 9.17) is 4.74 Å². The molecule has 4 heterocycles. The Morgan fingerprint density at radius 3 is 2.34 bits per heavy atom.